The third kappa shape index (κ3) is 2.03. The van der Waals surface area contributed by atoms with Gasteiger partial charge in [0, 0.05) is 12.3 Å². The van der Waals surface area contributed by atoms with E-state index < -0.39 is 11.2 Å². The van der Waals surface area contributed by atoms with E-state index in [1.807, 2.05) is 19.1 Å². The highest BCUT2D eigenvalue weighted by molar-refractivity contribution is 5.26. The van der Waals surface area contributed by atoms with E-state index in [9.17, 15) is 9.59 Å². The largest absolute Gasteiger partial charge is 0.367 e. The summed E-state index contributed by atoms with van der Waals surface area (Å²) in [6.07, 6.45) is 1.28. The first-order valence-corrected chi connectivity index (χ1v) is 4.72. The summed E-state index contributed by atoms with van der Waals surface area (Å²) in [5.74, 6) is 0.435. The van der Waals surface area contributed by atoms with Crippen LogP contribution < -0.4 is 16.1 Å². The molecule has 82 valence electrons. The van der Waals surface area contributed by atoms with Gasteiger partial charge in [-0.2, -0.15) is 0 Å². The Morgan fingerprint density at radius 1 is 1.12 bits per heavy atom. The molecule has 2 aromatic rings. The standard InChI is InChI=1S/C11H10N2O3/c1-8-2-4-9(5-3-8)16-13-10(14)6-7-12-11(13)15/h2-7H,1H3,(H,12,15). The minimum atomic E-state index is -0.604. The van der Waals surface area contributed by atoms with Crippen LogP contribution in [0.15, 0.2) is 46.1 Å². The molecule has 16 heavy (non-hydrogen) atoms. The Morgan fingerprint density at radius 3 is 2.44 bits per heavy atom. The summed E-state index contributed by atoms with van der Waals surface area (Å²) in [5.41, 5.74) is -0.0425. The summed E-state index contributed by atoms with van der Waals surface area (Å²) in [5, 5.41) is 0. The number of hydrogen-bond donors (Lipinski definition) is 1. The van der Waals surface area contributed by atoms with Gasteiger partial charge in [0.2, 0.25) is 0 Å². The first kappa shape index (κ1) is 10.2. The van der Waals surface area contributed by atoms with Crippen LogP contribution in [-0.4, -0.2) is 9.71 Å². The third-order valence-corrected chi connectivity index (χ3v) is 2.04. The Morgan fingerprint density at radius 2 is 1.81 bits per heavy atom. The zero-order valence-electron chi connectivity index (χ0n) is 8.64. The predicted octanol–water partition coefficient (Wildman–Crippen LogP) is 0.687. The van der Waals surface area contributed by atoms with Gasteiger partial charge in [-0.25, -0.2) is 4.79 Å². The third-order valence-electron chi connectivity index (χ3n) is 2.04. The van der Waals surface area contributed by atoms with Crippen LogP contribution in [0.3, 0.4) is 0 Å². The average molecular weight is 218 g/mol. The Labute approximate surface area is 90.9 Å². The molecule has 0 atom stereocenters. The first-order valence-electron chi connectivity index (χ1n) is 4.72. The van der Waals surface area contributed by atoms with Gasteiger partial charge in [0.1, 0.15) is 0 Å². The van der Waals surface area contributed by atoms with Gasteiger partial charge in [-0.3, -0.25) is 4.79 Å². The lowest BCUT2D eigenvalue weighted by atomic mass is 10.2. The van der Waals surface area contributed by atoms with Crippen molar-refractivity contribution in [3.8, 4) is 5.75 Å². The van der Waals surface area contributed by atoms with Gasteiger partial charge < -0.3 is 9.82 Å². The van der Waals surface area contributed by atoms with Crippen molar-refractivity contribution >= 4 is 0 Å². The molecule has 0 aliphatic heterocycles. The van der Waals surface area contributed by atoms with E-state index >= 15 is 0 Å². The number of nitrogens with one attached hydrogen (secondary N) is 1. The molecule has 5 heteroatoms. The molecule has 0 saturated carbocycles. The summed E-state index contributed by atoms with van der Waals surface area (Å²) in [4.78, 5) is 30.1. The molecular formula is C11H10N2O3. The van der Waals surface area contributed by atoms with Gasteiger partial charge in [0.15, 0.2) is 5.75 Å². The maximum atomic E-state index is 11.3. The van der Waals surface area contributed by atoms with Crippen LogP contribution in [-0.2, 0) is 0 Å². The van der Waals surface area contributed by atoms with E-state index in [0.29, 0.717) is 10.5 Å². The maximum absolute atomic E-state index is 11.3. The molecule has 1 N–H and O–H groups in total. The summed E-state index contributed by atoms with van der Waals surface area (Å²) >= 11 is 0. The van der Waals surface area contributed by atoms with E-state index in [1.165, 1.54) is 12.3 Å². The van der Waals surface area contributed by atoms with Crippen molar-refractivity contribution in [3.05, 3.63) is 62.9 Å². The fraction of sp³-hybridized carbons (Fsp3) is 0.0909. The molecule has 1 aromatic carbocycles. The molecule has 0 spiro atoms. The number of benzene rings is 1. The monoisotopic (exact) mass is 218 g/mol. The Bertz CT molecular complexity index is 567. The minimum Gasteiger partial charge on any atom is -0.367 e. The molecule has 0 fully saturated rings. The number of rotatable bonds is 2. The van der Waals surface area contributed by atoms with Crippen molar-refractivity contribution in [2.45, 2.75) is 6.92 Å². The molecule has 2 rings (SSSR count). The second-order valence-corrected chi connectivity index (χ2v) is 3.32. The number of nitrogens with zero attached hydrogens (tertiary/aromatic N) is 1. The molecule has 0 bridgehead atoms. The van der Waals surface area contributed by atoms with E-state index in [0.717, 1.165) is 5.56 Å². The van der Waals surface area contributed by atoms with Crippen LogP contribution in [0.1, 0.15) is 5.56 Å². The quantitative estimate of drug-likeness (QED) is 0.806. The number of aryl methyl sites for hydroxylation is 1. The summed E-state index contributed by atoms with van der Waals surface area (Å²) in [7, 11) is 0. The highest BCUT2D eigenvalue weighted by atomic mass is 16.7. The lowest BCUT2D eigenvalue weighted by molar-refractivity contribution is 0.190. The minimum absolute atomic E-state index is 0.435. The topological polar surface area (TPSA) is 64.1 Å². The smallest absolute Gasteiger partial charge is 0.362 e. The van der Waals surface area contributed by atoms with Gasteiger partial charge >= 0.3 is 5.69 Å². The average Bonchev–Trinajstić information content (AvgIpc) is 2.26. The van der Waals surface area contributed by atoms with Crippen molar-refractivity contribution in [3.63, 3.8) is 0 Å². The summed E-state index contributed by atoms with van der Waals surface area (Å²) in [6.45, 7) is 1.94. The molecule has 0 saturated heterocycles. The molecule has 0 unspecified atom stereocenters. The highest BCUT2D eigenvalue weighted by Gasteiger charge is 2.02. The van der Waals surface area contributed by atoms with Crippen LogP contribution in [0, 0.1) is 6.92 Å². The normalized spacial score (nSPS) is 10.1. The van der Waals surface area contributed by atoms with Gasteiger partial charge in [-0.05, 0) is 19.1 Å². The van der Waals surface area contributed by atoms with E-state index in [4.69, 9.17) is 4.84 Å². The van der Waals surface area contributed by atoms with Crippen molar-refractivity contribution in [1.29, 1.82) is 0 Å². The summed E-state index contributed by atoms with van der Waals surface area (Å²) in [6, 6.07) is 8.26. The molecule has 5 nitrogen and oxygen atoms in total. The molecule has 1 aromatic heterocycles. The van der Waals surface area contributed by atoms with Gasteiger partial charge in [-0.1, -0.05) is 22.4 Å². The fourth-order valence-corrected chi connectivity index (χ4v) is 1.20. The molecule has 0 aliphatic carbocycles. The van der Waals surface area contributed by atoms with E-state index in [1.54, 1.807) is 12.1 Å². The zero-order valence-corrected chi connectivity index (χ0v) is 8.64. The van der Waals surface area contributed by atoms with Crippen molar-refractivity contribution < 1.29 is 4.84 Å². The molecule has 1 heterocycles. The number of aromatic nitrogens is 2. The first-order chi connectivity index (χ1) is 7.66. The lowest BCUT2D eigenvalue weighted by Crippen LogP contribution is -2.37. The maximum Gasteiger partial charge on any atom is 0.362 e. The SMILES string of the molecule is Cc1ccc(On2c(=O)cc[nH]c2=O)cc1. The summed E-state index contributed by atoms with van der Waals surface area (Å²) < 4.78 is 0.671. The van der Waals surface area contributed by atoms with E-state index in [2.05, 4.69) is 4.98 Å². The second-order valence-electron chi connectivity index (χ2n) is 3.32. The molecule has 0 radical (unpaired) electrons. The van der Waals surface area contributed by atoms with Gasteiger partial charge in [0.25, 0.3) is 5.56 Å². The van der Waals surface area contributed by atoms with Gasteiger partial charge in [0.05, 0.1) is 0 Å². The van der Waals surface area contributed by atoms with Crippen LogP contribution in [0.4, 0.5) is 0 Å². The second kappa shape index (κ2) is 4.06. The van der Waals surface area contributed by atoms with Crippen LogP contribution in [0.2, 0.25) is 0 Å². The fourth-order valence-electron chi connectivity index (χ4n) is 1.20. The Balaban J connectivity index is 2.38. The predicted molar refractivity (Wildman–Crippen MR) is 58.5 cm³/mol. The highest BCUT2D eigenvalue weighted by Crippen LogP contribution is 2.10. The number of hydrogen-bond acceptors (Lipinski definition) is 3. The van der Waals surface area contributed by atoms with Crippen LogP contribution >= 0.6 is 0 Å². The van der Waals surface area contributed by atoms with Crippen molar-refractivity contribution in [1.82, 2.24) is 9.71 Å². The molecular weight excluding hydrogens is 208 g/mol. The van der Waals surface area contributed by atoms with E-state index in [-0.39, 0.29) is 0 Å². The Kier molecular flexibility index (Phi) is 2.59. The van der Waals surface area contributed by atoms with Crippen molar-refractivity contribution in [2.75, 3.05) is 0 Å². The van der Waals surface area contributed by atoms with Crippen LogP contribution in [0.25, 0.3) is 0 Å². The van der Waals surface area contributed by atoms with Crippen LogP contribution in [0.5, 0.6) is 5.75 Å². The van der Waals surface area contributed by atoms with Crippen molar-refractivity contribution in [2.24, 2.45) is 0 Å². The number of H-pyrrole nitrogens is 1. The molecule has 0 amide bonds. The zero-order chi connectivity index (χ0) is 11.5. The number of aromatic amines is 1. The molecule has 0 aliphatic rings. The Hall–Kier alpha value is -2.30. The van der Waals surface area contributed by atoms with Gasteiger partial charge in [-0.15, -0.1) is 0 Å². The lowest BCUT2D eigenvalue weighted by Gasteiger charge is -2.05.